The summed E-state index contributed by atoms with van der Waals surface area (Å²) in [4.78, 5) is 27.7. The zero-order valence-corrected chi connectivity index (χ0v) is 16.2. The summed E-state index contributed by atoms with van der Waals surface area (Å²) >= 11 is 3.25. The van der Waals surface area contributed by atoms with Crippen molar-refractivity contribution >= 4 is 40.0 Å². The second-order valence-electron chi connectivity index (χ2n) is 6.74. The van der Waals surface area contributed by atoms with Crippen molar-refractivity contribution in [2.24, 2.45) is 0 Å². The van der Waals surface area contributed by atoms with E-state index in [1.807, 2.05) is 47.9 Å². The quantitative estimate of drug-likeness (QED) is 0.871. The van der Waals surface area contributed by atoms with Crippen LogP contribution < -0.4 is 5.32 Å². The number of nitrogens with one attached hydrogen (secondary N) is 1. The smallest absolute Gasteiger partial charge is 0.254 e. The number of amides is 2. The van der Waals surface area contributed by atoms with Gasteiger partial charge in [-0.15, -0.1) is 10.2 Å². The van der Waals surface area contributed by atoms with Gasteiger partial charge < -0.3 is 10.2 Å². The van der Waals surface area contributed by atoms with E-state index in [0.29, 0.717) is 18.1 Å². The zero-order chi connectivity index (χ0) is 18.1. The van der Waals surface area contributed by atoms with Gasteiger partial charge in [0.25, 0.3) is 5.91 Å². The maximum absolute atomic E-state index is 13.0. The molecule has 6 nitrogen and oxygen atoms in total. The molecule has 0 unspecified atom stereocenters. The number of hydrogen-bond donors (Lipinski definition) is 1. The molecule has 2 aliphatic heterocycles. The number of carbonyl (C=O) groups is 2. The van der Waals surface area contributed by atoms with Gasteiger partial charge in [0.05, 0.1) is 12.0 Å². The summed E-state index contributed by atoms with van der Waals surface area (Å²) in [5, 5.41) is 12.1. The van der Waals surface area contributed by atoms with Gasteiger partial charge in [0.1, 0.15) is 5.01 Å². The molecule has 0 atom stereocenters. The molecule has 1 N–H and O–H groups in total. The van der Waals surface area contributed by atoms with Gasteiger partial charge >= 0.3 is 0 Å². The Morgan fingerprint density at radius 2 is 2.04 bits per heavy atom. The molecule has 1 aromatic heterocycles. The van der Waals surface area contributed by atoms with Gasteiger partial charge in [-0.3, -0.25) is 9.59 Å². The van der Waals surface area contributed by atoms with Crippen molar-refractivity contribution in [2.45, 2.75) is 38.3 Å². The highest BCUT2D eigenvalue weighted by atomic mass is 32.2. The van der Waals surface area contributed by atoms with Gasteiger partial charge in [0.15, 0.2) is 0 Å². The fourth-order valence-corrected chi connectivity index (χ4v) is 5.60. The first kappa shape index (κ1) is 17.5. The number of benzene rings is 1. The van der Waals surface area contributed by atoms with Gasteiger partial charge in [-0.05, 0) is 42.9 Å². The molecule has 1 saturated heterocycles. The van der Waals surface area contributed by atoms with Gasteiger partial charge in [0, 0.05) is 12.1 Å². The minimum Gasteiger partial charge on any atom is -0.328 e. The van der Waals surface area contributed by atoms with Crippen molar-refractivity contribution < 1.29 is 9.59 Å². The van der Waals surface area contributed by atoms with Crippen LogP contribution in [0.4, 0.5) is 5.13 Å². The molecule has 136 valence electrons. The van der Waals surface area contributed by atoms with Crippen LogP contribution in [-0.2, 0) is 11.3 Å². The summed E-state index contributed by atoms with van der Waals surface area (Å²) in [5.41, 5.74) is 1.39. The standard InChI is InChI=1S/C18H20N4O2S2/c1-12-20-21-17(26-12)19-15(23)10-18(6-8-25-9-7-18)22-11-13-4-2-3-5-14(13)16(22)24/h2-5H,6-11H2,1H3,(H,19,21,23). The Morgan fingerprint density at radius 1 is 1.27 bits per heavy atom. The van der Waals surface area contributed by atoms with E-state index in [0.717, 1.165) is 40.5 Å². The topological polar surface area (TPSA) is 75.2 Å². The number of nitrogens with zero attached hydrogens (tertiary/aromatic N) is 3. The highest BCUT2D eigenvalue weighted by molar-refractivity contribution is 7.99. The van der Waals surface area contributed by atoms with Gasteiger partial charge in [-0.1, -0.05) is 29.5 Å². The fraction of sp³-hybridized carbons (Fsp3) is 0.444. The molecule has 0 bridgehead atoms. The third kappa shape index (κ3) is 3.23. The maximum Gasteiger partial charge on any atom is 0.254 e. The molecule has 0 spiro atoms. The van der Waals surface area contributed by atoms with Crippen molar-refractivity contribution in [3.63, 3.8) is 0 Å². The second kappa shape index (κ2) is 7.00. The molecule has 26 heavy (non-hydrogen) atoms. The molecule has 2 aromatic rings. The third-order valence-electron chi connectivity index (χ3n) is 5.08. The number of fused-ring (bicyclic) bond motifs is 1. The Balaban J connectivity index is 1.56. The fourth-order valence-electron chi connectivity index (χ4n) is 3.74. The summed E-state index contributed by atoms with van der Waals surface area (Å²) in [6, 6.07) is 7.74. The van der Waals surface area contributed by atoms with Crippen LogP contribution >= 0.6 is 23.1 Å². The van der Waals surface area contributed by atoms with E-state index in [1.165, 1.54) is 11.3 Å². The molecule has 4 rings (SSSR count). The van der Waals surface area contributed by atoms with E-state index in [1.54, 1.807) is 0 Å². The van der Waals surface area contributed by atoms with E-state index in [4.69, 9.17) is 0 Å². The first-order chi connectivity index (χ1) is 12.6. The minimum absolute atomic E-state index is 0.0482. The van der Waals surface area contributed by atoms with Crippen LogP contribution in [-0.4, -0.2) is 44.0 Å². The van der Waals surface area contributed by atoms with Crippen LogP contribution in [0.25, 0.3) is 0 Å². The Bertz CT molecular complexity index is 845. The Kier molecular flexibility index (Phi) is 4.71. The average molecular weight is 389 g/mol. The summed E-state index contributed by atoms with van der Waals surface area (Å²) in [5.74, 6) is 1.88. The number of carbonyl (C=O) groups excluding carboxylic acids is 2. The summed E-state index contributed by atoms with van der Waals surface area (Å²) in [6.45, 7) is 2.44. The minimum atomic E-state index is -0.425. The van der Waals surface area contributed by atoms with Crippen LogP contribution in [0.3, 0.4) is 0 Å². The molecule has 2 amide bonds. The number of aromatic nitrogens is 2. The molecular formula is C18H20N4O2S2. The van der Waals surface area contributed by atoms with Gasteiger partial charge in [0.2, 0.25) is 11.0 Å². The normalized spacial score (nSPS) is 18.7. The zero-order valence-electron chi connectivity index (χ0n) is 14.5. The number of hydrogen-bond acceptors (Lipinski definition) is 6. The van der Waals surface area contributed by atoms with Crippen molar-refractivity contribution in [2.75, 3.05) is 16.8 Å². The Morgan fingerprint density at radius 3 is 2.73 bits per heavy atom. The van der Waals surface area contributed by atoms with E-state index < -0.39 is 5.54 Å². The lowest BCUT2D eigenvalue weighted by Gasteiger charge is -2.44. The van der Waals surface area contributed by atoms with Gasteiger partial charge in [-0.2, -0.15) is 11.8 Å². The number of rotatable bonds is 4. The van der Waals surface area contributed by atoms with Crippen LogP contribution in [0.15, 0.2) is 24.3 Å². The lowest BCUT2D eigenvalue weighted by molar-refractivity contribution is -0.119. The van der Waals surface area contributed by atoms with Crippen LogP contribution in [0.5, 0.6) is 0 Å². The molecule has 2 aliphatic rings. The van der Waals surface area contributed by atoms with Crippen molar-refractivity contribution in [1.82, 2.24) is 15.1 Å². The monoisotopic (exact) mass is 388 g/mol. The van der Waals surface area contributed by atoms with E-state index in [-0.39, 0.29) is 11.8 Å². The SMILES string of the molecule is Cc1nnc(NC(=O)CC2(N3Cc4ccccc4C3=O)CCSCC2)s1. The predicted octanol–water partition coefficient (Wildman–Crippen LogP) is 3.10. The molecule has 1 aromatic carbocycles. The summed E-state index contributed by atoms with van der Waals surface area (Å²) in [7, 11) is 0. The lowest BCUT2D eigenvalue weighted by atomic mass is 9.86. The predicted molar refractivity (Wildman–Crippen MR) is 103 cm³/mol. The van der Waals surface area contributed by atoms with Crippen LogP contribution in [0.2, 0.25) is 0 Å². The number of aryl methyl sites for hydroxylation is 1. The largest absolute Gasteiger partial charge is 0.328 e. The van der Waals surface area contributed by atoms with Gasteiger partial charge in [-0.25, -0.2) is 0 Å². The molecule has 0 aliphatic carbocycles. The molecule has 8 heteroatoms. The van der Waals surface area contributed by atoms with Crippen LogP contribution in [0, 0.1) is 6.92 Å². The molecule has 1 fully saturated rings. The molecular weight excluding hydrogens is 368 g/mol. The Hall–Kier alpha value is -1.93. The number of anilines is 1. The van der Waals surface area contributed by atoms with E-state index >= 15 is 0 Å². The first-order valence-corrected chi connectivity index (χ1v) is 10.6. The second-order valence-corrected chi connectivity index (χ2v) is 9.14. The average Bonchev–Trinajstić information content (AvgIpc) is 3.19. The summed E-state index contributed by atoms with van der Waals surface area (Å²) in [6.07, 6.45) is 1.96. The molecule has 0 saturated carbocycles. The maximum atomic E-state index is 13.0. The highest BCUT2D eigenvalue weighted by Gasteiger charge is 2.45. The lowest BCUT2D eigenvalue weighted by Crippen LogP contribution is -2.53. The van der Waals surface area contributed by atoms with E-state index in [9.17, 15) is 9.59 Å². The number of thioether (sulfide) groups is 1. The van der Waals surface area contributed by atoms with Crippen molar-refractivity contribution in [3.8, 4) is 0 Å². The van der Waals surface area contributed by atoms with Crippen molar-refractivity contribution in [1.29, 1.82) is 0 Å². The first-order valence-electron chi connectivity index (χ1n) is 8.65. The Labute approximate surface area is 160 Å². The summed E-state index contributed by atoms with van der Waals surface area (Å²) < 4.78 is 0. The van der Waals surface area contributed by atoms with Crippen molar-refractivity contribution in [3.05, 3.63) is 40.4 Å². The third-order valence-corrected chi connectivity index (χ3v) is 6.82. The van der Waals surface area contributed by atoms with E-state index in [2.05, 4.69) is 15.5 Å². The highest BCUT2D eigenvalue weighted by Crippen LogP contribution is 2.40. The van der Waals surface area contributed by atoms with Crippen LogP contribution in [0.1, 0.15) is 40.2 Å². The molecule has 3 heterocycles. The molecule has 0 radical (unpaired) electrons.